The van der Waals surface area contributed by atoms with Gasteiger partial charge in [0.25, 0.3) is 5.56 Å². The van der Waals surface area contributed by atoms with Crippen LogP contribution in [0.5, 0.6) is 0 Å². The van der Waals surface area contributed by atoms with Crippen LogP contribution in [0.1, 0.15) is 49.6 Å². The fraction of sp³-hybridized carbons (Fsp3) is 0.385. The Labute approximate surface area is 202 Å². The van der Waals surface area contributed by atoms with E-state index in [2.05, 4.69) is 27.8 Å². The molecule has 180 valence electrons. The molecule has 0 amide bonds. The molecule has 3 aromatic heterocycles. The zero-order valence-corrected chi connectivity index (χ0v) is 20.0. The Bertz CT molecular complexity index is 1480. The summed E-state index contributed by atoms with van der Waals surface area (Å²) in [5.74, 6) is 1.02. The lowest BCUT2D eigenvalue weighted by Crippen LogP contribution is -2.25. The molecule has 2 aliphatic rings. The molecule has 1 saturated carbocycles. The van der Waals surface area contributed by atoms with Crippen molar-refractivity contribution >= 4 is 22.7 Å². The minimum absolute atomic E-state index is 0.0689. The molecular weight excluding hydrogens is 442 g/mol. The van der Waals surface area contributed by atoms with E-state index in [1.165, 1.54) is 11.1 Å². The highest BCUT2D eigenvalue weighted by Crippen LogP contribution is 2.46. The molecule has 9 heteroatoms. The second-order valence-corrected chi connectivity index (χ2v) is 9.84. The van der Waals surface area contributed by atoms with Crippen LogP contribution in [0.25, 0.3) is 16.9 Å². The first-order valence-electron chi connectivity index (χ1n) is 12.2. The van der Waals surface area contributed by atoms with Crippen molar-refractivity contribution < 1.29 is 5.11 Å². The predicted octanol–water partition coefficient (Wildman–Crippen LogP) is 2.97. The number of aliphatic hydroxyl groups is 1. The molecule has 0 radical (unpaired) electrons. The fourth-order valence-electron chi connectivity index (χ4n) is 4.92. The molecule has 1 aromatic carbocycles. The zero-order chi connectivity index (χ0) is 24.2. The number of anilines is 2. The molecule has 0 bridgehead atoms. The van der Waals surface area contributed by atoms with E-state index in [0.717, 1.165) is 43.7 Å². The van der Waals surface area contributed by atoms with Crippen LogP contribution in [0.2, 0.25) is 0 Å². The Balaban J connectivity index is 1.45. The lowest BCUT2D eigenvalue weighted by Gasteiger charge is -2.18. The minimum Gasteiger partial charge on any atom is -0.395 e. The van der Waals surface area contributed by atoms with Gasteiger partial charge in [0.15, 0.2) is 11.5 Å². The third-order valence-corrected chi connectivity index (χ3v) is 7.11. The van der Waals surface area contributed by atoms with Crippen LogP contribution in [-0.2, 0) is 18.4 Å². The topological polar surface area (TPSA) is 110 Å². The molecule has 0 saturated heterocycles. The number of fused-ring (bicyclic) bond motifs is 2. The molecule has 9 nitrogen and oxygen atoms in total. The number of hydrogen-bond donors (Lipinski definition) is 3. The van der Waals surface area contributed by atoms with Crippen molar-refractivity contribution in [3.05, 3.63) is 69.8 Å². The second-order valence-electron chi connectivity index (χ2n) is 9.84. The maximum atomic E-state index is 13.3. The Morgan fingerprint density at radius 1 is 1.17 bits per heavy atom. The first-order chi connectivity index (χ1) is 17.0. The summed E-state index contributed by atoms with van der Waals surface area (Å²) in [4.78, 5) is 27.4. The van der Waals surface area contributed by atoms with Crippen molar-refractivity contribution in [1.29, 1.82) is 0 Å². The minimum atomic E-state index is -0.273. The van der Waals surface area contributed by atoms with Crippen molar-refractivity contribution in [2.24, 2.45) is 0 Å². The van der Waals surface area contributed by atoms with Gasteiger partial charge in [-0.2, -0.15) is 4.98 Å². The van der Waals surface area contributed by atoms with Crippen molar-refractivity contribution in [3.63, 3.8) is 0 Å². The lowest BCUT2D eigenvalue weighted by molar-refractivity contribution is 0.252. The molecule has 0 unspecified atom stereocenters. The van der Waals surface area contributed by atoms with Gasteiger partial charge in [-0.3, -0.25) is 4.79 Å². The number of nitrogens with one attached hydrogen (secondary N) is 2. The first kappa shape index (κ1) is 21.9. The molecule has 3 N–H and O–H groups in total. The van der Waals surface area contributed by atoms with Crippen LogP contribution in [-0.4, -0.2) is 42.6 Å². The summed E-state index contributed by atoms with van der Waals surface area (Å²) in [7, 11) is 0. The van der Waals surface area contributed by atoms with Crippen LogP contribution in [0, 0.1) is 0 Å². The van der Waals surface area contributed by atoms with Crippen molar-refractivity contribution in [2.75, 3.05) is 18.5 Å². The van der Waals surface area contributed by atoms with Crippen molar-refractivity contribution in [2.45, 2.75) is 51.1 Å². The van der Waals surface area contributed by atoms with Gasteiger partial charge in [0.2, 0.25) is 5.95 Å². The largest absolute Gasteiger partial charge is 0.395 e. The van der Waals surface area contributed by atoms with E-state index >= 15 is 0 Å². The van der Waals surface area contributed by atoms with E-state index in [1.807, 2.05) is 38.1 Å². The van der Waals surface area contributed by atoms with Crippen LogP contribution in [0.15, 0.2) is 47.4 Å². The number of nitrogens with zero attached hydrogens (tertiary/aromatic N) is 5. The summed E-state index contributed by atoms with van der Waals surface area (Å²) in [5.41, 5.74) is 4.45. The lowest BCUT2D eigenvalue weighted by atomic mass is 10.0. The molecular formula is C26H29N7O2. The number of benzene rings is 1. The Morgan fingerprint density at radius 3 is 2.80 bits per heavy atom. The Hall–Kier alpha value is -3.56. The van der Waals surface area contributed by atoms with Gasteiger partial charge in [-0.1, -0.05) is 12.1 Å². The summed E-state index contributed by atoms with van der Waals surface area (Å²) in [5, 5.41) is 17.1. The molecule has 0 spiro atoms. The predicted molar refractivity (Wildman–Crippen MR) is 134 cm³/mol. The third-order valence-electron chi connectivity index (χ3n) is 7.11. The third kappa shape index (κ3) is 3.71. The number of pyridine rings is 1. The monoisotopic (exact) mass is 471 g/mol. The fourth-order valence-corrected chi connectivity index (χ4v) is 4.92. The average molecular weight is 472 g/mol. The number of rotatable bonds is 6. The standard InChI is InChI=1S/C26H29N7O2/c1-16(2)32-24(35)20-14-28-25(29-19-7-6-17-8-11-27-13-18(17)12-19)31-23(20)33(32)22-5-3-4-21(30-22)26(15-34)9-10-26/h3-7,12,14,16,27,34H,8-11,13,15H2,1-2H3,(H,28,29,31). The number of aliphatic hydroxyl groups excluding tert-OH is 1. The van der Waals surface area contributed by atoms with Crippen LogP contribution < -0.4 is 16.2 Å². The van der Waals surface area contributed by atoms with Crippen molar-refractivity contribution in [3.8, 4) is 5.82 Å². The number of aromatic nitrogens is 5. The smallest absolute Gasteiger partial charge is 0.278 e. The molecule has 1 aliphatic carbocycles. The molecule has 4 heterocycles. The summed E-state index contributed by atoms with van der Waals surface area (Å²) >= 11 is 0. The summed E-state index contributed by atoms with van der Waals surface area (Å²) in [6.45, 7) is 5.84. The van der Waals surface area contributed by atoms with E-state index in [4.69, 9.17) is 9.97 Å². The van der Waals surface area contributed by atoms with Crippen LogP contribution in [0.4, 0.5) is 11.6 Å². The highest BCUT2D eigenvalue weighted by molar-refractivity contribution is 5.77. The maximum Gasteiger partial charge on any atom is 0.278 e. The summed E-state index contributed by atoms with van der Waals surface area (Å²) in [6.07, 6.45) is 4.44. The van der Waals surface area contributed by atoms with E-state index in [-0.39, 0.29) is 23.6 Å². The molecule has 6 rings (SSSR count). The molecule has 1 aliphatic heterocycles. The highest BCUT2D eigenvalue weighted by atomic mass is 16.3. The normalized spacial score (nSPS) is 16.5. The van der Waals surface area contributed by atoms with E-state index in [0.29, 0.717) is 22.8 Å². The van der Waals surface area contributed by atoms with Gasteiger partial charge in [0, 0.05) is 29.9 Å². The molecule has 35 heavy (non-hydrogen) atoms. The summed E-state index contributed by atoms with van der Waals surface area (Å²) < 4.78 is 3.45. The molecule has 1 fully saturated rings. The van der Waals surface area contributed by atoms with E-state index < -0.39 is 0 Å². The van der Waals surface area contributed by atoms with Gasteiger partial charge >= 0.3 is 0 Å². The van der Waals surface area contributed by atoms with Crippen molar-refractivity contribution in [1.82, 2.24) is 29.6 Å². The average Bonchev–Trinajstić information content (AvgIpc) is 3.62. The van der Waals surface area contributed by atoms with Gasteiger partial charge in [0.05, 0.1) is 12.3 Å². The Kier molecular flexibility index (Phi) is 5.19. The van der Waals surface area contributed by atoms with Gasteiger partial charge < -0.3 is 15.7 Å². The van der Waals surface area contributed by atoms with Gasteiger partial charge in [-0.05, 0) is 75.0 Å². The zero-order valence-electron chi connectivity index (χ0n) is 20.0. The Morgan fingerprint density at radius 2 is 2.03 bits per heavy atom. The van der Waals surface area contributed by atoms with E-state index in [9.17, 15) is 9.90 Å². The molecule has 4 aromatic rings. The van der Waals surface area contributed by atoms with Gasteiger partial charge in [0.1, 0.15) is 5.39 Å². The first-order valence-corrected chi connectivity index (χ1v) is 12.2. The summed E-state index contributed by atoms with van der Waals surface area (Å²) in [6, 6.07) is 11.9. The molecule has 0 atom stereocenters. The second kappa shape index (κ2) is 8.28. The maximum absolute atomic E-state index is 13.3. The quantitative estimate of drug-likeness (QED) is 0.397. The highest BCUT2D eigenvalue weighted by Gasteiger charge is 2.45. The van der Waals surface area contributed by atoms with Gasteiger partial charge in [-0.25, -0.2) is 19.3 Å². The number of hydrogen-bond acceptors (Lipinski definition) is 7. The SMILES string of the molecule is CC(C)n1c(=O)c2cnc(Nc3ccc4c(c3)CNCC4)nc2n1-c1cccc(C2(CO)CC2)n1. The van der Waals surface area contributed by atoms with Crippen LogP contribution in [0.3, 0.4) is 0 Å². The van der Waals surface area contributed by atoms with E-state index in [1.54, 1.807) is 15.6 Å². The van der Waals surface area contributed by atoms with Crippen LogP contribution >= 0.6 is 0 Å². The van der Waals surface area contributed by atoms with Gasteiger partial charge in [-0.15, -0.1) is 0 Å².